The summed E-state index contributed by atoms with van der Waals surface area (Å²) >= 11 is 0. The third kappa shape index (κ3) is 4.77. The van der Waals surface area contributed by atoms with Crippen LogP contribution < -0.4 is 0 Å². The average molecular weight is 154 g/mol. The first-order chi connectivity index (χ1) is 5.07. The Kier molecular flexibility index (Phi) is 4.84. The Labute approximate surface area is 69.5 Å². The predicted octanol–water partition coefficient (Wildman–Crippen LogP) is 2.81. The molecule has 0 rings (SSSR count). The second-order valence-electron chi connectivity index (χ2n) is 3.28. The van der Waals surface area contributed by atoms with E-state index in [1.165, 1.54) is 0 Å². The summed E-state index contributed by atoms with van der Waals surface area (Å²) in [6, 6.07) is 0. The minimum atomic E-state index is 0.220. The molecule has 0 aromatic heterocycles. The molecule has 0 aliphatic heterocycles. The standard InChI is InChI=1S/C10H18O/c1-5-10(11)7-6-9(4)8(2)3/h6-9H,5H2,1-4H3/b7-6-. The predicted molar refractivity (Wildman–Crippen MR) is 48.4 cm³/mol. The summed E-state index contributed by atoms with van der Waals surface area (Å²) < 4.78 is 0. The molecular formula is C10H18O. The van der Waals surface area contributed by atoms with E-state index in [1.807, 2.05) is 13.0 Å². The number of hydrogen-bond acceptors (Lipinski definition) is 1. The van der Waals surface area contributed by atoms with Crippen LogP contribution in [0.3, 0.4) is 0 Å². The summed E-state index contributed by atoms with van der Waals surface area (Å²) in [7, 11) is 0. The lowest BCUT2D eigenvalue weighted by atomic mass is 9.97. The summed E-state index contributed by atoms with van der Waals surface area (Å²) in [5.41, 5.74) is 0. The van der Waals surface area contributed by atoms with Gasteiger partial charge in [-0.25, -0.2) is 0 Å². The van der Waals surface area contributed by atoms with E-state index in [-0.39, 0.29) is 5.78 Å². The summed E-state index contributed by atoms with van der Waals surface area (Å²) in [6.45, 7) is 8.33. The second-order valence-corrected chi connectivity index (χ2v) is 3.28. The number of rotatable bonds is 4. The Hall–Kier alpha value is -0.590. The van der Waals surface area contributed by atoms with Crippen molar-refractivity contribution in [2.75, 3.05) is 0 Å². The number of carbonyl (C=O) groups is 1. The van der Waals surface area contributed by atoms with Crippen molar-refractivity contribution < 1.29 is 4.79 Å². The van der Waals surface area contributed by atoms with Gasteiger partial charge < -0.3 is 0 Å². The van der Waals surface area contributed by atoms with Crippen LogP contribution in [0.15, 0.2) is 12.2 Å². The molecule has 1 unspecified atom stereocenters. The van der Waals surface area contributed by atoms with Crippen molar-refractivity contribution in [3.05, 3.63) is 12.2 Å². The van der Waals surface area contributed by atoms with Gasteiger partial charge in [0.15, 0.2) is 5.78 Å². The molecule has 0 spiro atoms. The lowest BCUT2D eigenvalue weighted by Crippen LogP contribution is -2.00. The Balaban J connectivity index is 3.82. The molecule has 0 aliphatic rings. The van der Waals surface area contributed by atoms with Crippen LogP contribution in [0.2, 0.25) is 0 Å². The number of carbonyl (C=O) groups excluding carboxylic acids is 1. The first-order valence-electron chi connectivity index (χ1n) is 4.29. The van der Waals surface area contributed by atoms with Crippen molar-refractivity contribution in [1.29, 1.82) is 0 Å². The van der Waals surface area contributed by atoms with E-state index < -0.39 is 0 Å². The largest absolute Gasteiger partial charge is 0.295 e. The van der Waals surface area contributed by atoms with Gasteiger partial charge in [-0.3, -0.25) is 4.79 Å². The van der Waals surface area contributed by atoms with E-state index in [0.717, 1.165) is 0 Å². The van der Waals surface area contributed by atoms with Crippen molar-refractivity contribution in [2.45, 2.75) is 34.1 Å². The Morgan fingerprint density at radius 3 is 2.27 bits per heavy atom. The van der Waals surface area contributed by atoms with Crippen LogP contribution in [0.4, 0.5) is 0 Å². The summed E-state index contributed by atoms with van der Waals surface area (Å²) in [5.74, 6) is 1.35. The third-order valence-corrected chi connectivity index (χ3v) is 1.99. The van der Waals surface area contributed by atoms with Gasteiger partial charge in [-0.05, 0) is 17.9 Å². The molecule has 0 fully saturated rings. The number of allylic oxidation sites excluding steroid dienone is 2. The lowest BCUT2D eigenvalue weighted by molar-refractivity contribution is -0.114. The fourth-order valence-corrected chi connectivity index (χ4v) is 0.599. The molecule has 0 radical (unpaired) electrons. The Bertz CT molecular complexity index is 145. The van der Waals surface area contributed by atoms with E-state index in [1.54, 1.807) is 6.08 Å². The maximum Gasteiger partial charge on any atom is 0.155 e. The molecule has 0 heterocycles. The SMILES string of the molecule is CCC(=O)/C=C\C(C)C(C)C. The Morgan fingerprint density at radius 1 is 1.36 bits per heavy atom. The van der Waals surface area contributed by atoms with Gasteiger partial charge in [0.1, 0.15) is 0 Å². The highest BCUT2D eigenvalue weighted by Crippen LogP contribution is 2.10. The van der Waals surface area contributed by atoms with Crippen molar-refractivity contribution in [3.63, 3.8) is 0 Å². The molecule has 0 bridgehead atoms. The molecule has 11 heavy (non-hydrogen) atoms. The van der Waals surface area contributed by atoms with Crippen LogP contribution in [0, 0.1) is 11.8 Å². The zero-order valence-corrected chi connectivity index (χ0v) is 7.92. The number of hydrogen-bond donors (Lipinski definition) is 0. The van der Waals surface area contributed by atoms with Crippen molar-refractivity contribution in [2.24, 2.45) is 11.8 Å². The van der Waals surface area contributed by atoms with Gasteiger partial charge >= 0.3 is 0 Å². The second kappa shape index (κ2) is 5.11. The fourth-order valence-electron chi connectivity index (χ4n) is 0.599. The smallest absolute Gasteiger partial charge is 0.155 e. The molecular weight excluding hydrogens is 136 g/mol. The lowest BCUT2D eigenvalue weighted by Gasteiger charge is -2.08. The summed E-state index contributed by atoms with van der Waals surface area (Å²) in [5, 5.41) is 0. The maximum absolute atomic E-state index is 10.9. The third-order valence-electron chi connectivity index (χ3n) is 1.99. The summed E-state index contributed by atoms with van der Waals surface area (Å²) in [6.07, 6.45) is 4.31. The van der Waals surface area contributed by atoms with E-state index >= 15 is 0 Å². The molecule has 1 heteroatoms. The van der Waals surface area contributed by atoms with Crippen molar-refractivity contribution in [3.8, 4) is 0 Å². The Morgan fingerprint density at radius 2 is 1.91 bits per heavy atom. The van der Waals surface area contributed by atoms with E-state index in [9.17, 15) is 4.79 Å². The van der Waals surface area contributed by atoms with E-state index in [2.05, 4.69) is 20.8 Å². The topological polar surface area (TPSA) is 17.1 Å². The van der Waals surface area contributed by atoms with Crippen LogP contribution >= 0.6 is 0 Å². The van der Waals surface area contributed by atoms with Gasteiger partial charge in [0.25, 0.3) is 0 Å². The van der Waals surface area contributed by atoms with Crippen LogP contribution in [0.5, 0.6) is 0 Å². The zero-order valence-electron chi connectivity index (χ0n) is 7.92. The molecule has 0 amide bonds. The molecule has 0 saturated carbocycles. The zero-order chi connectivity index (χ0) is 8.85. The van der Waals surface area contributed by atoms with Gasteiger partial charge in [0, 0.05) is 6.42 Å². The average Bonchev–Trinajstić information content (AvgIpc) is 1.99. The molecule has 1 nitrogen and oxygen atoms in total. The van der Waals surface area contributed by atoms with Gasteiger partial charge in [0.2, 0.25) is 0 Å². The van der Waals surface area contributed by atoms with Crippen molar-refractivity contribution in [1.82, 2.24) is 0 Å². The van der Waals surface area contributed by atoms with Crippen LogP contribution in [0.25, 0.3) is 0 Å². The minimum absolute atomic E-state index is 0.220. The van der Waals surface area contributed by atoms with E-state index in [0.29, 0.717) is 18.3 Å². The first kappa shape index (κ1) is 10.4. The molecule has 0 N–H and O–H groups in total. The normalized spacial score (nSPS) is 14.3. The van der Waals surface area contributed by atoms with Gasteiger partial charge in [0.05, 0.1) is 0 Å². The highest BCUT2D eigenvalue weighted by molar-refractivity contribution is 5.89. The molecule has 1 atom stereocenters. The monoisotopic (exact) mass is 154 g/mol. The first-order valence-corrected chi connectivity index (χ1v) is 4.29. The maximum atomic E-state index is 10.9. The molecule has 0 aromatic rings. The minimum Gasteiger partial charge on any atom is -0.295 e. The van der Waals surface area contributed by atoms with Gasteiger partial charge in [-0.1, -0.05) is 33.8 Å². The van der Waals surface area contributed by atoms with Crippen LogP contribution in [-0.2, 0) is 4.79 Å². The highest BCUT2D eigenvalue weighted by atomic mass is 16.1. The quantitative estimate of drug-likeness (QED) is 0.569. The highest BCUT2D eigenvalue weighted by Gasteiger charge is 2.01. The molecule has 0 aliphatic carbocycles. The summed E-state index contributed by atoms with van der Waals surface area (Å²) in [4.78, 5) is 10.9. The molecule has 0 aromatic carbocycles. The van der Waals surface area contributed by atoms with E-state index in [4.69, 9.17) is 0 Å². The van der Waals surface area contributed by atoms with Crippen molar-refractivity contribution >= 4 is 5.78 Å². The number of ketones is 1. The van der Waals surface area contributed by atoms with Crippen LogP contribution in [0.1, 0.15) is 34.1 Å². The molecule has 0 saturated heterocycles. The molecule has 64 valence electrons. The van der Waals surface area contributed by atoms with Crippen LogP contribution in [-0.4, -0.2) is 5.78 Å². The fraction of sp³-hybridized carbons (Fsp3) is 0.700. The van der Waals surface area contributed by atoms with Gasteiger partial charge in [-0.2, -0.15) is 0 Å². The van der Waals surface area contributed by atoms with Gasteiger partial charge in [-0.15, -0.1) is 0 Å².